The monoisotopic (exact) mass is 326 g/mol. The topological polar surface area (TPSA) is 59.9 Å². The first kappa shape index (κ1) is 15.4. The van der Waals surface area contributed by atoms with Crippen LogP contribution in [0.3, 0.4) is 0 Å². The van der Waals surface area contributed by atoms with Gasteiger partial charge in [-0.05, 0) is 50.1 Å². The van der Waals surface area contributed by atoms with Crippen LogP contribution in [-0.2, 0) is 0 Å². The summed E-state index contributed by atoms with van der Waals surface area (Å²) in [4.78, 5) is 13.3. The van der Waals surface area contributed by atoms with Crippen LogP contribution in [0.1, 0.15) is 18.1 Å². The zero-order valence-corrected chi connectivity index (χ0v) is 14.1. The van der Waals surface area contributed by atoms with Crippen LogP contribution < -0.4 is 10.1 Å². The van der Waals surface area contributed by atoms with Crippen molar-refractivity contribution < 1.29 is 4.74 Å². The molecule has 5 nitrogen and oxygen atoms in total. The molecule has 6 heteroatoms. The van der Waals surface area contributed by atoms with Crippen LogP contribution in [0.4, 0.5) is 10.9 Å². The smallest absolute Gasteiger partial charge is 0.188 e. The van der Waals surface area contributed by atoms with Crippen LogP contribution >= 0.6 is 11.3 Å². The number of nitrogens with one attached hydrogen (secondary N) is 1. The summed E-state index contributed by atoms with van der Waals surface area (Å²) in [6.07, 6.45) is 3.53. The minimum Gasteiger partial charge on any atom is -0.492 e. The molecular weight excluding hydrogens is 308 g/mol. The third kappa shape index (κ3) is 3.65. The molecule has 0 saturated heterocycles. The van der Waals surface area contributed by atoms with Gasteiger partial charge in [-0.3, -0.25) is 4.98 Å². The highest BCUT2D eigenvalue weighted by Gasteiger charge is 2.09. The van der Waals surface area contributed by atoms with Crippen molar-refractivity contribution in [2.24, 2.45) is 0 Å². The normalized spacial score (nSPS) is 10.6. The fraction of sp³-hybridized carbons (Fsp3) is 0.235. The maximum atomic E-state index is 5.52. The van der Waals surface area contributed by atoms with Gasteiger partial charge in [-0.15, -0.1) is 11.3 Å². The van der Waals surface area contributed by atoms with E-state index < -0.39 is 0 Å². The molecule has 0 fully saturated rings. The molecule has 0 atom stereocenters. The number of nitrogens with zero attached hydrogens (tertiary/aromatic N) is 3. The molecule has 0 aliphatic rings. The number of thiazole rings is 1. The largest absolute Gasteiger partial charge is 0.492 e. The lowest BCUT2D eigenvalue weighted by Crippen LogP contribution is -1.96. The third-order valence-corrected chi connectivity index (χ3v) is 4.04. The number of aryl methyl sites for hydroxylation is 2. The summed E-state index contributed by atoms with van der Waals surface area (Å²) in [5.74, 6) is 1.61. The average molecular weight is 326 g/mol. The van der Waals surface area contributed by atoms with Gasteiger partial charge >= 0.3 is 0 Å². The zero-order valence-electron chi connectivity index (χ0n) is 13.3. The van der Waals surface area contributed by atoms with Crippen molar-refractivity contribution in [2.45, 2.75) is 20.8 Å². The van der Waals surface area contributed by atoms with Crippen LogP contribution in [0.15, 0.2) is 36.0 Å². The molecule has 0 aliphatic heterocycles. The van der Waals surface area contributed by atoms with E-state index in [2.05, 4.69) is 20.3 Å². The summed E-state index contributed by atoms with van der Waals surface area (Å²) in [7, 11) is 0. The first-order valence-corrected chi connectivity index (χ1v) is 8.28. The Morgan fingerprint density at radius 2 is 2.04 bits per heavy atom. The van der Waals surface area contributed by atoms with Crippen LogP contribution in [0, 0.1) is 13.8 Å². The molecule has 3 aromatic heterocycles. The highest BCUT2D eigenvalue weighted by molar-refractivity contribution is 7.14. The number of rotatable bonds is 5. The van der Waals surface area contributed by atoms with Crippen molar-refractivity contribution in [1.82, 2.24) is 15.0 Å². The van der Waals surface area contributed by atoms with E-state index in [1.165, 1.54) is 11.3 Å². The Balaban J connectivity index is 1.80. The number of hydrogen-bond donors (Lipinski definition) is 1. The summed E-state index contributed by atoms with van der Waals surface area (Å²) < 4.78 is 5.52. The van der Waals surface area contributed by atoms with Crippen LogP contribution in [0.2, 0.25) is 0 Å². The second-order valence-corrected chi connectivity index (χ2v) is 6.01. The van der Waals surface area contributed by atoms with Gasteiger partial charge in [-0.25, -0.2) is 9.97 Å². The molecule has 118 valence electrons. The molecule has 3 aromatic rings. The lowest BCUT2D eigenvalue weighted by Gasteiger charge is -2.07. The Morgan fingerprint density at radius 1 is 1.17 bits per heavy atom. The molecule has 3 rings (SSSR count). The van der Waals surface area contributed by atoms with Gasteiger partial charge in [0, 0.05) is 11.6 Å². The minimum absolute atomic E-state index is 0.635. The third-order valence-electron chi connectivity index (χ3n) is 3.28. The zero-order chi connectivity index (χ0) is 16.2. The number of aromatic nitrogens is 3. The maximum Gasteiger partial charge on any atom is 0.188 e. The molecular formula is C17H18N4OS. The molecule has 23 heavy (non-hydrogen) atoms. The van der Waals surface area contributed by atoms with Crippen molar-refractivity contribution in [3.63, 3.8) is 0 Å². The highest BCUT2D eigenvalue weighted by atomic mass is 32.1. The Morgan fingerprint density at radius 3 is 2.78 bits per heavy atom. The Hall–Kier alpha value is -2.47. The summed E-state index contributed by atoms with van der Waals surface area (Å²) in [6.45, 7) is 6.65. The van der Waals surface area contributed by atoms with E-state index in [0.29, 0.717) is 6.61 Å². The number of anilines is 2. The van der Waals surface area contributed by atoms with Gasteiger partial charge in [0.25, 0.3) is 0 Å². The molecule has 0 radical (unpaired) electrons. The summed E-state index contributed by atoms with van der Waals surface area (Å²) >= 11 is 1.53. The molecule has 0 aromatic carbocycles. The predicted molar refractivity (Wildman–Crippen MR) is 93.5 cm³/mol. The Bertz CT molecular complexity index is 816. The second-order valence-electron chi connectivity index (χ2n) is 5.15. The summed E-state index contributed by atoms with van der Waals surface area (Å²) in [6, 6.07) is 5.94. The fourth-order valence-corrected chi connectivity index (χ4v) is 2.86. The molecule has 3 heterocycles. The average Bonchev–Trinajstić information content (AvgIpc) is 2.98. The van der Waals surface area contributed by atoms with Crippen LogP contribution in [0.5, 0.6) is 5.75 Å². The molecule has 0 unspecified atom stereocenters. The Labute approximate surface area is 139 Å². The van der Waals surface area contributed by atoms with Gasteiger partial charge in [-0.1, -0.05) is 0 Å². The standard InChI is InChI=1S/C17H18N4OS/c1-4-22-15-9-19-13(8-12(15)3)14-10-23-17(20-14)21-16-7-11(2)5-6-18-16/h5-10H,4H2,1-3H3,(H,18,20,21). The molecule has 0 bridgehead atoms. The SMILES string of the molecule is CCOc1cnc(-c2csc(Nc3cc(C)ccn3)n2)cc1C. The van der Waals surface area contributed by atoms with Gasteiger partial charge in [0.2, 0.25) is 0 Å². The van der Waals surface area contributed by atoms with E-state index in [4.69, 9.17) is 4.74 Å². The van der Waals surface area contributed by atoms with Crippen molar-refractivity contribution in [1.29, 1.82) is 0 Å². The van der Waals surface area contributed by atoms with Gasteiger partial charge in [0.15, 0.2) is 5.13 Å². The highest BCUT2D eigenvalue weighted by Crippen LogP contribution is 2.28. The lowest BCUT2D eigenvalue weighted by atomic mass is 10.2. The van der Waals surface area contributed by atoms with E-state index in [1.807, 2.05) is 44.4 Å². The van der Waals surface area contributed by atoms with E-state index in [-0.39, 0.29) is 0 Å². The van der Waals surface area contributed by atoms with Crippen molar-refractivity contribution in [2.75, 3.05) is 11.9 Å². The lowest BCUT2D eigenvalue weighted by molar-refractivity contribution is 0.336. The molecule has 0 spiro atoms. The maximum absolute atomic E-state index is 5.52. The molecule has 1 N–H and O–H groups in total. The first-order chi connectivity index (χ1) is 11.2. The predicted octanol–water partition coefficient (Wildman–Crippen LogP) is 4.36. The van der Waals surface area contributed by atoms with Crippen molar-refractivity contribution in [3.8, 4) is 17.1 Å². The molecule has 0 aliphatic carbocycles. The van der Waals surface area contributed by atoms with Gasteiger partial charge in [0.1, 0.15) is 17.3 Å². The number of pyridine rings is 2. The van der Waals surface area contributed by atoms with E-state index in [0.717, 1.165) is 39.2 Å². The van der Waals surface area contributed by atoms with Crippen molar-refractivity contribution >= 4 is 22.3 Å². The minimum atomic E-state index is 0.635. The van der Waals surface area contributed by atoms with Crippen LogP contribution in [0.25, 0.3) is 11.4 Å². The first-order valence-electron chi connectivity index (χ1n) is 7.40. The van der Waals surface area contributed by atoms with Gasteiger partial charge in [-0.2, -0.15) is 0 Å². The van der Waals surface area contributed by atoms with E-state index in [9.17, 15) is 0 Å². The van der Waals surface area contributed by atoms with Gasteiger partial charge < -0.3 is 10.1 Å². The van der Waals surface area contributed by atoms with E-state index in [1.54, 1.807) is 12.4 Å². The van der Waals surface area contributed by atoms with E-state index >= 15 is 0 Å². The van der Waals surface area contributed by atoms with Gasteiger partial charge in [0.05, 0.1) is 18.5 Å². The molecule has 0 saturated carbocycles. The van der Waals surface area contributed by atoms with Crippen LogP contribution in [-0.4, -0.2) is 21.6 Å². The molecule has 0 amide bonds. The Kier molecular flexibility index (Phi) is 4.52. The number of hydrogen-bond acceptors (Lipinski definition) is 6. The van der Waals surface area contributed by atoms with Crippen molar-refractivity contribution in [3.05, 3.63) is 47.1 Å². The quantitative estimate of drug-likeness (QED) is 0.755. The summed E-state index contributed by atoms with van der Waals surface area (Å²) in [5, 5.41) is 6.01. The second kappa shape index (κ2) is 6.75. The number of ether oxygens (including phenoxy) is 1. The summed E-state index contributed by atoms with van der Waals surface area (Å²) in [5.41, 5.74) is 3.89. The fourth-order valence-electron chi connectivity index (χ4n) is 2.15.